The van der Waals surface area contributed by atoms with Gasteiger partial charge in [-0.2, -0.15) is 5.26 Å². The number of benzene rings is 2. The zero-order valence-electron chi connectivity index (χ0n) is 20.6. The van der Waals surface area contributed by atoms with E-state index >= 15 is 0 Å². The summed E-state index contributed by atoms with van der Waals surface area (Å²) in [6, 6.07) is 19.6. The smallest absolute Gasteiger partial charge is 0.234 e. The Hall–Kier alpha value is -4.29. The maximum atomic E-state index is 13.5. The number of nitriles is 1. The number of methoxy groups -OCH3 is 2. The minimum absolute atomic E-state index is 0.0760. The molecule has 2 aromatic carbocycles. The second-order valence-electron chi connectivity index (χ2n) is 8.18. The van der Waals surface area contributed by atoms with Gasteiger partial charge in [0.2, 0.25) is 5.91 Å². The molecule has 1 amide bonds. The first-order valence-electron chi connectivity index (χ1n) is 11.4. The number of amides is 1. The molecule has 1 unspecified atom stereocenters. The lowest BCUT2D eigenvalue weighted by atomic mass is 9.79. The number of Topliss-reactive ketones (excluding diaryl/α,β-unsaturated/α-hetero) is 1. The highest BCUT2D eigenvalue weighted by molar-refractivity contribution is 8.03. The van der Waals surface area contributed by atoms with Gasteiger partial charge in [0.1, 0.15) is 22.3 Å². The Labute approximate surface area is 219 Å². The number of aliphatic imine (C=N–C) groups is 1. The Balaban J connectivity index is 1.62. The van der Waals surface area contributed by atoms with Gasteiger partial charge in [0, 0.05) is 11.3 Å². The number of thioether (sulfide) groups is 1. The lowest BCUT2D eigenvalue weighted by Crippen LogP contribution is -2.36. The third kappa shape index (κ3) is 5.60. The van der Waals surface area contributed by atoms with Gasteiger partial charge in [-0.3, -0.25) is 9.59 Å². The molecule has 0 radical (unpaired) electrons. The molecule has 1 aliphatic rings. The summed E-state index contributed by atoms with van der Waals surface area (Å²) in [5.41, 5.74) is 1.81. The van der Waals surface area contributed by atoms with Crippen LogP contribution in [0, 0.1) is 17.2 Å². The molecule has 2 heterocycles. The van der Waals surface area contributed by atoms with E-state index in [0.29, 0.717) is 39.3 Å². The standard InChI is InChI=1S/C28H25N3O5S/c1-17-25(27(33)31-21-7-4-5-8-23(21)35-3)26(24-9-6-14-36-24)20(15-29)28(30-17)37-16-22(32)18-10-12-19(34-2)13-11-18/h4-14,25-26H,16H2,1-3H3,(H,31,33)/t25?,26-/m0/s1. The van der Waals surface area contributed by atoms with Gasteiger partial charge in [-0.15, -0.1) is 0 Å². The predicted molar refractivity (Wildman–Crippen MR) is 142 cm³/mol. The van der Waals surface area contributed by atoms with Crippen LogP contribution in [0.1, 0.15) is 29.0 Å². The van der Waals surface area contributed by atoms with Crippen LogP contribution < -0.4 is 14.8 Å². The summed E-state index contributed by atoms with van der Waals surface area (Å²) < 4.78 is 16.2. The van der Waals surface area contributed by atoms with Crippen LogP contribution in [0.25, 0.3) is 0 Å². The van der Waals surface area contributed by atoms with E-state index in [2.05, 4.69) is 16.4 Å². The molecule has 0 spiro atoms. The van der Waals surface area contributed by atoms with E-state index < -0.39 is 11.8 Å². The predicted octanol–water partition coefficient (Wildman–Crippen LogP) is 5.46. The van der Waals surface area contributed by atoms with Crippen LogP contribution in [-0.4, -0.2) is 37.4 Å². The molecular formula is C28H25N3O5S. The van der Waals surface area contributed by atoms with Crippen molar-refractivity contribution in [1.82, 2.24) is 0 Å². The molecule has 3 aromatic rings. The van der Waals surface area contributed by atoms with Gasteiger partial charge >= 0.3 is 0 Å². The summed E-state index contributed by atoms with van der Waals surface area (Å²) in [6.45, 7) is 1.74. The third-order valence-electron chi connectivity index (χ3n) is 5.97. The monoisotopic (exact) mass is 515 g/mol. The van der Waals surface area contributed by atoms with Crippen molar-refractivity contribution in [3.05, 3.63) is 88.9 Å². The maximum Gasteiger partial charge on any atom is 0.234 e. The number of anilines is 1. The van der Waals surface area contributed by atoms with Crippen molar-refractivity contribution < 1.29 is 23.5 Å². The minimum Gasteiger partial charge on any atom is -0.497 e. The third-order valence-corrected chi connectivity index (χ3v) is 6.96. The largest absolute Gasteiger partial charge is 0.497 e. The molecule has 0 saturated carbocycles. The fourth-order valence-electron chi connectivity index (χ4n) is 4.13. The fraction of sp³-hybridized carbons (Fsp3) is 0.214. The quantitative estimate of drug-likeness (QED) is 0.376. The van der Waals surface area contributed by atoms with Crippen molar-refractivity contribution in [2.75, 3.05) is 25.3 Å². The Morgan fingerprint density at radius 3 is 2.49 bits per heavy atom. The van der Waals surface area contributed by atoms with E-state index in [9.17, 15) is 14.9 Å². The highest BCUT2D eigenvalue weighted by atomic mass is 32.2. The minimum atomic E-state index is -0.799. The normalized spacial score (nSPS) is 17.0. The summed E-state index contributed by atoms with van der Waals surface area (Å²) >= 11 is 1.17. The first-order chi connectivity index (χ1) is 18.0. The van der Waals surface area contributed by atoms with E-state index in [1.54, 1.807) is 74.7 Å². The zero-order chi connectivity index (χ0) is 26.4. The van der Waals surface area contributed by atoms with E-state index in [0.717, 1.165) is 0 Å². The summed E-state index contributed by atoms with van der Waals surface area (Å²) in [5.74, 6) is -0.255. The number of ketones is 1. The van der Waals surface area contributed by atoms with Gasteiger partial charge in [-0.1, -0.05) is 23.9 Å². The average molecular weight is 516 g/mol. The Morgan fingerprint density at radius 1 is 1.08 bits per heavy atom. The van der Waals surface area contributed by atoms with Crippen molar-refractivity contribution in [2.24, 2.45) is 10.9 Å². The summed E-state index contributed by atoms with van der Waals surface area (Å²) in [6.07, 6.45) is 1.50. The number of hydrogen-bond donors (Lipinski definition) is 1. The molecule has 2 atom stereocenters. The van der Waals surface area contributed by atoms with Crippen LogP contribution in [0.3, 0.4) is 0 Å². The Morgan fingerprint density at radius 2 is 1.84 bits per heavy atom. The molecule has 8 nitrogen and oxygen atoms in total. The summed E-state index contributed by atoms with van der Waals surface area (Å²) in [7, 11) is 3.09. The van der Waals surface area contributed by atoms with E-state index in [1.165, 1.54) is 25.1 Å². The molecule has 0 fully saturated rings. The second kappa shape index (κ2) is 11.6. The van der Waals surface area contributed by atoms with Crippen LogP contribution in [0.2, 0.25) is 0 Å². The van der Waals surface area contributed by atoms with Gasteiger partial charge in [0.15, 0.2) is 5.78 Å². The van der Waals surface area contributed by atoms with E-state index in [1.807, 2.05) is 0 Å². The number of nitrogens with zero attached hydrogens (tertiary/aromatic N) is 2. The number of para-hydroxylation sites is 2. The molecule has 188 valence electrons. The molecular weight excluding hydrogens is 490 g/mol. The summed E-state index contributed by atoms with van der Waals surface area (Å²) in [5, 5.41) is 13.4. The van der Waals surface area contributed by atoms with Crippen LogP contribution >= 0.6 is 11.8 Å². The molecule has 37 heavy (non-hydrogen) atoms. The van der Waals surface area contributed by atoms with Crippen LogP contribution in [0.5, 0.6) is 11.5 Å². The first-order valence-corrected chi connectivity index (χ1v) is 12.4. The van der Waals surface area contributed by atoms with Gasteiger partial charge in [0.25, 0.3) is 0 Å². The van der Waals surface area contributed by atoms with E-state index in [4.69, 9.17) is 13.9 Å². The molecule has 0 aliphatic carbocycles. The number of furan rings is 1. The van der Waals surface area contributed by atoms with Crippen molar-refractivity contribution in [2.45, 2.75) is 12.8 Å². The molecule has 1 aromatic heterocycles. The second-order valence-corrected chi connectivity index (χ2v) is 9.15. The number of allylic oxidation sites excluding steroid dienone is 1. The lowest BCUT2D eigenvalue weighted by molar-refractivity contribution is -0.118. The SMILES string of the molecule is COc1ccc(C(=O)CSC2=C(C#N)[C@@H](c3ccco3)C(C(=O)Nc3ccccc3OC)C(C)=N2)cc1. The molecule has 9 heteroatoms. The molecule has 1 aliphatic heterocycles. The van der Waals surface area contributed by atoms with Crippen LogP contribution in [-0.2, 0) is 4.79 Å². The van der Waals surface area contributed by atoms with Crippen molar-refractivity contribution in [3.63, 3.8) is 0 Å². The van der Waals surface area contributed by atoms with Crippen molar-refractivity contribution in [3.8, 4) is 17.6 Å². The van der Waals surface area contributed by atoms with Gasteiger partial charge in [-0.25, -0.2) is 4.99 Å². The lowest BCUT2D eigenvalue weighted by Gasteiger charge is -2.29. The van der Waals surface area contributed by atoms with Gasteiger partial charge in [0.05, 0.1) is 55.4 Å². The van der Waals surface area contributed by atoms with Crippen LogP contribution in [0.4, 0.5) is 5.69 Å². The average Bonchev–Trinajstić information content (AvgIpc) is 3.46. The van der Waals surface area contributed by atoms with Crippen LogP contribution in [0.15, 0.2) is 86.9 Å². The Bertz CT molecular complexity index is 1390. The zero-order valence-corrected chi connectivity index (χ0v) is 21.4. The number of hydrogen-bond acceptors (Lipinski definition) is 8. The Kier molecular flexibility index (Phi) is 8.11. The molecule has 1 N–H and O–H groups in total. The number of ether oxygens (including phenoxy) is 2. The number of nitrogens with one attached hydrogen (secondary N) is 1. The highest BCUT2D eigenvalue weighted by Gasteiger charge is 2.41. The highest BCUT2D eigenvalue weighted by Crippen LogP contribution is 2.42. The molecule has 0 bridgehead atoms. The van der Waals surface area contributed by atoms with Crippen molar-refractivity contribution >= 4 is 34.9 Å². The summed E-state index contributed by atoms with van der Waals surface area (Å²) in [4.78, 5) is 30.9. The maximum absolute atomic E-state index is 13.5. The molecule has 4 rings (SSSR count). The van der Waals surface area contributed by atoms with Crippen molar-refractivity contribution in [1.29, 1.82) is 5.26 Å². The number of rotatable bonds is 9. The van der Waals surface area contributed by atoms with Gasteiger partial charge in [-0.05, 0) is 55.5 Å². The topological polar surface area (TPSA) is 114 Å². The van der Waals surface area contributed by atoms with Gasteiger partial charge < -0.3 is 19.2 Å². The first kappa shape index (κ1) is 25.8. The fourth-order valence-corrected chi connectivity index (χ4v) is 5.10. The molecule has 0 saturated heterocycles. The number of carbonyl (C=O) groups excluding carboxylic acids is 2. The van der Waals surface area contributed by atoms with E-state index in [-0.39, 0.29) is 23.0 Å². The number of carbonyl (C=O) groups is 2.